The molecule has 1 atom stereocenters. The number of ether oxygens (including phenoxy) is 2. The number of fused-ring (bicyclic) bond motifs is 1. The number of carbonyl (C=O) groups is 2. The number of rotatable bonds is 7. The van der Waals surface area contributed by atoms with Gasteiger partial charge < -0.3 is 14.8 Å². The van der Waals surface area contributed by atoms with E-state index < -0.39 is 18.6 Å². The van der Waals surface area contributed by atoms with Crippen LogP contribution in [0.1, 0.15) is 24.9 Å². The van der Waals surface area contributed by atoms with Gasteiger partial charge >= 0.3 is 6.61 Å². The van der Waals surface area contributed by atoms with E-state index in [1.54, 1.807) is 42.5 Å². The highest BCUT2D eigenvalue weighted by molar-refractivity contribution is 6.02. The Kier molecular flexibility index (Phi) is 6.08. The van der Waals surface area contributed by atoms with Gasteiger partial charge in [0.15, 0.2) is 6.61 Å². The molecule has 2 amide bonds. The number of nitrogens with one attached hydrogen (secondary N) is 1. The number of hydrogen-bond acceptors (Lipinski definition) is 4. The lowest BCUT2D eigenvalue weighted by molar-refractivity contribution is -0.125. The Morgan fingerprint density at radius 2 is 1.93 bits per heavy atom. The Balaban J connectivity index is 1.75. The molecule has 1 aliphatic rings. The minimum absolute atomic E-state index is 0.0115. The molecule has 0 aliphatic carbocycles. The van der Waals surface area contributed by atoms with Crippen LogP contribution in [0.5, 0.6) is 11.5 Å². The van der Waals surface area contributed by atoms with Gasteiger partial charge in [-0.3, -0.25) is 14.5 Å². The van der Waals surface area contributed by atoms with E-state index in [4.69, 9.17) is 4.74 Å². The second-order valence-corrected chi connectivity index (χ2v) is 6.18. The van der Waals surface area contributed by atoms with Crippen LogP contribution in [0.25, 0.3) is 0 Å². The summed E-state index contributed by atoms with van der Waals surface area (Å²) in [7, 11) is 0. The average Bonchev–Trinajstić information content (AvgIpc) is 2.68. The molecule has 0 fully saturated rings. The highest BCUT2D eigenvalue weighted by atomic mass is 19.3. The fourth-order valence-corrected chi connectivity index (χ4v) is 3.08. The fraction of sp³-hybridized carbons (Fsp3) is 0.300. The number of alkyl halides is 2. The molecule has 1 unspecified atom stereocenters. The molecule has 1 N–H and O–H groups in total. The third-order valence-corrected chi connectivity index (χ3v) is 4.36. The van der Waals surface area contributed by atoms with Crippen molar-refractivity contribution in [2.75, 3.05) is 18.1 Å². The first-order valence-corrected chi connectivity index (χ1v) is 8.85. The predicted octanol–water partition coefficient (Wildman–Crippen LogP) is 3.28. The number of halogens is 2. The summed E-state index contributed by atoms with van der Waals surface area (Å²) < 4.78 is 35.2. The van der Waals surface area contributed by atoms with E-state index >= 15 is 0 Å². The van der Waals surface area contributed by atoms with Crippen LogP contribution in [-0.4, -0.2) is 31.6 Å². The Morgan fingerprint density at radius 3 is 2.68 bits per heavy atom. The second kappa shape index (κ2) is 8.69. The standard InChI is InChI=1S/C20H20F2N2O4/c1-2-14(13-7-3-5-9-16(13)28-20(21)22)23-18(25)11-24-15-8-4-6-10-17(15)27-12-19(24)26/h3-10,14,20H,2,11-12H2,1H3,(H,23,25). The van der Waals surface area contributed by atoms with E-state index in [0.717, 1.165) is 0 Å². The summed E-state index contributed by atoms with van der Waals surface area (Å²) in [4.78, 5) is 26.2. The molecule has 2 aromatic carbocycles. The van der Waals surface area contributed by atoms with Crippen LogP contribution in [0.3, 0.4) is 0 Å². The van der Waals surface area contributed by atoms with Crippen molar-refractivity contribution < 1.29 is 27.8 Å². The zero-order chi connectivity index (χ0) is 20.1. The monoisotopic (exact) mass is 390 g/mol. The number of benzene rings is 2. The molecule has 2 aromatic rings. The van der Waals surface area contributed by atoms with Crippen molar-refractivity contribution in [1.82, 2.24) is 5.32 Å². The molecule has 1 aliphatic heterocycles. The van der Waals surface area contributed by atoms with Crippen LogP contribution < -0.4 is 19.7 Å². The molecule has 0 radical (unpaired) electrons. The number of nitrogens with zero attached hydrogens (tertiary/aromatic N) is 1. The Morgan fingerprint density at radius 1 is 1.21 bits per heavy atom. The minimum atomic E-state index is -2.96. The lowest BCUT2D eigenvalue weighted by atomic mass is 10.0. The number of para-hydroxylation sites is 3. The summed E-state index contributed by atoms with van der Waals surface area (Å²) in [5.74, 6) is -0.206. The van der Waals surface area contributed by atoms with Crippen LogP contribution in [0.2, 0.25) is 0 Å². The molecule has 8 heteroatoms. The Bertz CT molecular complexity index is 860. The smallest absolute Gasteiger partial charge is 0.387 e. The maximum absolute atomic E-state index is 12.7. The van der Waals surface area contributed by atoms with Gasteiger partial charge in [-0.15, -0.1) is 0 Å². The molecule has 1 heterocycles. The van der Waals surface area contributed by atoms with Crippen molar-refractivity contribution in [2.45, 2.75) is 26.0 Å². The maximum Gasteiger partial charge on any atom is 0.387 e. The van der Waals surface area contributed by atoms with Gasteiger partial charge in [-0.1, -0.05) is 37.3 Å². The van der Waals surface area contributed by atoms with Gasteiger partial charge in [0, 0.05) is 5.56 Å². The molecule has 0 bridgehead atoms. The molecule has 28 heavy (non-hydrogen) atoms. The van der Waals surface area contributed by atoms with Crippen LogP contribution >= 0.6 is 0 Å². The number of amides is 2. The topological polar surface area (TPSA) is 67.9 Å². The van der Waals surface area contributed by atoms with Gasteiger partial charge in [0.05, 0.1) is 11.7 Å². The molecule has 148 valence electrons. The zero-order valence-corrected chi connectivity index (χ0v) is 15.2. The van der Waals surface area contributed by atoms with Crippen LogP contribution in [0.15, 0.2) is 48.5 Å². The van der Waals surface area contributed by atoms with Crippen molar-refractivity contribution >= 4 is 17.5 Å². The summed E-state index contributed by atoms with van der Waals surface area (Å²) in [6.45, 7) is -1.49. The van der Waals surface area contributed by atoms with Crippen molar-refractivity contribution in [1.29, 1.82) is 0 Å². The number of hydrogen-bond donors (Lipinski definition) is 1. The highest BCUT2D eigenvalue weighted by Crippen LogP contribution is 2.32. The lowest BCUT2D eigenvalue weighted by Crippen LogP contribution is -2.45. The Labute approximate surface area is 161 Å². The van der Waals surface area contributed by atoms with E-state index in [-0.39, 0.29) is 24.8 Å². The average molecular weight is 390 g/mol. The number of anilines is 1. The van der Waals surface area contributed by atoms with E-state index in [0.29, 0.717) is 23.4 Å². The van der Waals surface area contributed by atoms with Gasteiger partial charge in [-0.25, -0.2) is 0 Å². The molecule has 0 saturated heterocycles. The van der Waals surface area contributed by atoms with Gasteiger partial charge in [0.2, 0.25) is 5.91 Å². The largest absolute Gasteiger partial charge is 0.482 e. The first-order chi connectivity index (χ1) is 13.5. The van der Waals surface area contributed by atoms with Gasteiger partial charge in [0.25, 0.3) is 5.91 Å². The SMILES string of the molecule is CCC(NC(=O)CN1C(=O)COc2ccccc21)c1ccccc1OC(F)F. The Hall–Kier alpha value is -3.16. The summed E-state index contributed by atoms with van der Waals surface area (Å²) >= 11 is 0. The molecular weight excluding hydrogens is 370 g/mol. The van der Waals surface area contributed by atoms with Gasteiger partial charge in [0.1, 0.15) is 18.0 Å². The lowest BCUT2D eigenvalue weighted by Gasteiger charge is -2.29. The normalized spacial score (nSPS) is 14.3. The molecule has 0 spiro atoms. The summed E-state index contributed by atoms with van der Waals surface area (Å²) in [6, 6.07) is 12.7. The summed E-state index contributed by atoms with van der Waals surface area (Å²) in [6.07, 6.45) is 0.461. The van der Waals surface area contributed by atoms with Crippen LogP contribution in [0, 0.1) is 0 Å². The van der Waals surface area contributed by atoms with Crippen LogP contribution in [0.4, 0.5) is 14.5 Å². The molecule has 0 aromatic heterocycles. The minimum Gasteiger partial charge on any atom is -0.482 e. The molecule has 6 nitrogen and oxygen atoms in total. The quantitative estimate of drug-likeness (QED) is 0.788. The van der Waals surface area contributed by atoms with E-state index in [9.17, 15) is 18.4 Å². The van der Waals surface area contributed by atoms with Crippen molar-refractivity contribution in [3.8, 4) is 11.5 Å². The van der Waals surface area contributed by atoms with Crippen molar-refractivity contribution in [2.24, 2.45) is 0 Å². The van der Waals surface area contributed by atoms with Crippen molar-refractivity contribution in [3.05, 3.63) is 54.1 Å². The van der Waals surface area contributed by atoms with E-state index in [2.05, 4.69) is 10.1 Å². The predicted molar refractivity (Wildman–Crippen MR) is 98.5 cm³/mol. The zero-order valence-electron chi connectivity index (χ0n) is 15.2. The first kappa shape index (κ1) is 19.6. The van der Waals surface area contributed by atoms with Gasteiger partial charge in [-0.2, -0.15) is 8.78 Å². The second-order valence-electron chi connectivity index (χ2n) is 6.18. The summed E-state index contributed by atoms with van der Waals surface area (Å²) in [5, 5.41) is 2.80. The molecule has 3 rings (SSSR count). The van der Waals surface area contributed by atoms with Crippen LogP contribution in [-0.2, 0) is 9.59 Å². The third-order valence-electron chi connectivity index (χ3n) is 4.36. The number of carbonyl (C=O) groups excluding carboxylic acids is 2. The van der Waals surface area contributed by atoms with Crippen molar-refractivity contribution in [3.63, 3.8) is 0 Å². The molecular formula is C20H20F2N2O4. The van der Waals surface area contributed by atoms with E-state index in [1.807, 2.05) is 6.92 Å². The highest BCUT2D eigenvalue weighted by Gasteiger charge is 2.28. The fourth-order valence-electron chi connectivity index (χ4n) is 3.08. The van der Waals surface area contributed by atoms with Gasteiger partial charge in [-0.05, 0) is 24.6 Å². The summed E-state index contributed by atoms with van der Waals surface area (Å²) in [5.41, 5.74) is 0.968. The third kappa shape index (κ3) is 4.39. The maximum atomic E-state index is 12.7. The molecule has 0 saturated carbocycles. The van der Waals surface area contributed by atoms with E-state index in [1.165, 1.54) is 11.0 Å². The first-order valence-electron chi connectivity index (χ1n) is 8.85.